The Hall–Kier alpha value is -5.88. The maximum absolute atomic E-state index is 13.5. The van der Waals surface area contributed by atoms with Crippen molar-refractivity contribution in [2.24, 2.45) is 5.73 Å². The molecule has 0 aliphatic carbocycles. The van der Waals surface area contributed by atoms with Crippen molar-refractivity contribution in [3.8, 4) is 0 Å². The number of H-pyrrole nitrogens is 3. The van der Waals surface area contributed by atoms with Crippen LogP contribution in [0.4, 0.5) is 0 Å². The number of carbonyl (C=O) groups excluding carboxylic acids is 3. The van der Waals surface area contributed by atoms with Crippen molar-refractivity contribution in [1.82, 2.24) is 30.9 Å². The van der Waals surface area contributed by atoms with E-state index in [0.29, 0.717) is 0 Å². The van der Waals surface area contributed by atoms with E-state index < -0.39 is 48.4 Å². The Labute approximate surface area is 269 Å². The van der Waals surface area contributed by atoms with Crippen LogP contribution in [0.15, 0.2) is 91.4 Å². The van der Waals surface area contributed by atoms with Gasteiger partial charge in [0.05, 0.1) is 12.6 Å². The molecule has 12 nitrogen and oxygen atoms in total. The molecule has 0 radical (unpaired) electrons. The number of rotatable bonds is 13. The van der Waals surface area contributed by atoms with Crippen molar-refractivity contribution < 1.29 is 24.3 Å². The third-order valence-electron chi connectivity index (χ3n) is 8.34. The van der Waals surface area contributed by atoms with Gasteiger partial charge in [0, 0.05) is 64.1 Å². The molecule has 6 aromatic rings. The molecule has 0 bridgehead atoms. The van der Waals surface area contributed by atoms with Crippen molar-refractivity contribution in [3.63, 3.8) is 0 Å². The second-order valence-corrected chi connectivity index (χ2v) is 11.5. The number of nitrogens with one attached hydrogen (secondary N) is 6. The number of nitrogens with two attached hydrogens (primary N) is 1. The standard InChI is InChI=1S/C35H35N7O5/c36-26(13-20-16-37-27-10-4-1-7-23(20)27)33(44)42-30(14-21-17-38-28-11-5-2-8-24(21)28)34(45)40-19-32(43)41-31(35(46)47)15-22-18-39-29-12-6-3-9-25(22)29/h1-12,16-18,26,30-31,37-39H,13-15,19,36H2,(H,40,45)(H,41,43)(H,42,44)(H,46,47). The highest BCUT2D eigenvalue weighted by atomic mass is 16.4. The van der Waals surface area contributed by atoms with Crippen LogP contribution in [-0.4, -0.2) is 68.4 Å². The van der Waals surface area contributed by atoms with E-state index in [-0.39, 0.29) is 19.3 Å². The Bertz CT molecular complexity index is 2080. The number of hydrogen-bond acceptors (Lipinski definition) is 5. The summed E-state index contributed by atoms with van der Waals surface area (Å²) in [4.78, 5) is 61.2. The number of benzene rings is 3. The van der Waals surface area contributed by atoms with E-state index in [1.807, 2.05) is 79.0 Å². The number of aromatic nitrogens is 3. The highest BCUT2D eigenvalue weighted by Crippen LogP contribution is 2.21. The van der Waals surface area contributed by atoms with E-state index >= 15 is 0 Å². The molecule has 3 aromatic carbocycles. The van der Waals surface area contributed by atoms with Crippen LogP contribution in [0.2, 0.25) is 0 Å². The summed E-state index contributed by atoms with van der Waals surface area (Å²) in [5.74, 6) is -3.02. The minimum Gasteiger partial charge on any atom is -0.480 e. The number of fused-ring (bicyclic) bond motifs is 3. The smallest absolute Gasteiger partial charge is 0.326 e. The number of hydrogen-bond donors (Lipinski definition) is 8. The molecule has 3 atom stereocenters. The first kappa shape index (κ1) is 31.1. The van der Waals surface area contributed by atoms with Crippen LogP contribution >= 0.6 is 0 Å². The summed E-state index contributed by atoms with van der Waals surface area (Å²) in [6.45, 7) is -0.488. The molecule has 3 aromatic heterocycles. The Morgan fingerprint density at radius 1 is 0.617 bits per heavy atom. The molecule has 0 saturated carbocycles. The highest BCUT2D eigenvalue weighted by molar-refractivity contribution is 5.94. The summed E-state index contributed by atoms with van der Waals surface area (Å²) in [6, 6.07) is 19.5. The van der Waals surface area contributed by atoms with Crippen molar-refractivity contribution in [2.75, 3.05) is 6.54 Å². The molecule has 0 aliphatic rings. The first-order chi connectivity index (χ1) is 22.8. The highest BCUT2D eigenvalue weighted by Gasteiger charge is 2.27. The molecule has 12 heteroatoms. The van der Waals surface area contributed by atoms with Gasteiger partial charge in [0.2, 0.25) is 17.7 Å². The average molecular weight is 634 g/mol. The zero-order valence-corrected chi connectivity index (χ0v) is 25.4. The van der Waals surface area contributed by atoms with Crippen LogP contribution in [0, 0.1) is 0 Å². The lowest BCUT2D eigenvalue weighted by molar-refractivity contribution is -0.141. The molecule has 3 heterocycles. The second-order valence-electron chi connectivity index (χ2n) is 11.5. The van der Waals surface area contributed by atoms with Crippen molar-refractivity contribution in [3.05, 3.63) is 108 Å². The molecular formula is C35H35N7O5. The fourth-order valence-electron chi connectivity index (χ4n) is 5.90. The summed E-state index contributed by atoms with van der Waals surface area (Å²) in [7, 11) is 0. The van der Waals surface area contributed by atoms with Gasteiger partial charge in [0.1, 0.15) is 12.1 Å². The number of para-hydroxylation sites is 3. The minimum absolute atomic E-state index is 0.0482. The molecule has 6 rings (SSSR count). The van der Waals surface area contributed by atoms with Crippen LogP contribution in [0.1, 0.15) is 16.7 Å². The van der Waals surface area contributed by atoms with Gasteiger partial charge < -0.3 is 41.7 Å². The van der Waals surface area contributed by atoms with Gasteiger partial charge in [0.25, 0.3) is 0 Å². The Kier molecular flexibility index (Phi) is 9.02. The van der Waals surface area contributed by atoms with Gasteiger partial charge in [-0.2, -0.15) is 0 Å². The topological polar surface area (TPSA) is 198 Å². The number of aliphatic carboxylic acids is 1. The predicted octanol–water partition coefficient (Wildman–Crippen LogP) is 2.66. The van der Waals surface area contributed by atoms with Crippen LogP contribution in [0.3, 0.4) is 0 Å². The van der Waals surface area contributed by atoms with E-state index in [4.69, 9.17) is 5.73 Å². The van der Waals surface area contributed by atoms with Gasteiger partial charge in [-0.1, -0.05) is 54.6 Å². The zero-order valence-electron chi connectivity index (χ0n) is 25.4. The number of amides is 3. The molecule has 240 valence electrons. The number of carboxylic acids is 1. The van der Waals surface area contributed by atoms with E-state index in [9.17, 15) is 24.3 Å². The first-order valence-corrected chi connectivity index (χ1v) is 15.3. The molecule has 0 spiro atoms. The number of carboxylic acid groups (broad SMARTS) is 1. The molecule has 9 N–H and O–H groups in total. The molecule has 47 heavy (non-hydrogen) atoms. The minimum atomic E-state index is -1.22. The fraction of sp³-hybridized carbons (Fsp3) is 0.200. The van der Waals surface area contributed by atoms with Crippen LogP contribution < -0.4 is 21.7 Å². The van der Waals surface area contributed by atoms with Crippen molar-refractivity contribution >= 4 is 56.4 Å². The van der Waals surface area contributed by atoms with Crippen LogP contribution in [-0.2, 0) is 38.4 Å². The monoisotopic (exact) mass is 633 g/mol. The van der Waals surface area contributed by atoms with Crippen molar-refractivity contribution in [2.45, 2.75) is 37.4 Å². The maximum Gasteiger partial charge on any atom is 0.326 e. The van der Waals surface area contributed by atoms with E-state index in [1.165, 1.54) is 0 Å². The molecular weight excluding hydrogens is 598 g/mol. The van der Waals surface area contributed by atoms with Gasteiger partial charge in [0.15, 0.2) is 0 Å². The van der Waals surface area contributed by atoms with Gasteiger partial charge in [-0.25, -0.2) is 4.79 Å². The Morgan fingerprint density at radius 3 is 1.55 bits per heavy atom. The van der Waals surface area contributed by atoms with E-state index in [2.05, 4.69) is 30.9 Å². The lowest BCUT2D eigenvalue weighted by atomic mass is 10.0. The molecule has 0 fully saturated rings. The SMILES string of the molecule is NC(Cc1c[nH]c2ccccc12)C(=O)NC(Cc1c[nH]c2ccccc12)C(=O)NCC(=O)NC(Cc1c[nH]c2ccccc12)C(=O)O. The first-order valence-electron chi connectivity index (χ1n) is 15.3. The summed E-state index contributed by atoms with van der Waals surface area (Å²) in [6.07, 6.45) is 5.73. The van der Waals surface area contributed by atoms with Gasteiger partial charge in [-0.05, 0) is 41.3 Å². The third-order valence-corrected chi connectivity index (χ3v) is 8.34. The predicted molar refractivity (Wildman–Crippen MR) is 178 cm³/mol. The molecule has 3 amide bonds. The Balaban J connectivity index is 1.12. The van der Waals surface area contributed by atoms with Gasteiger partial charge in [-0.3, -0.25) is 14.4 Å². The summed E-state index contributed by atoms with van der Waals surface area (Å²) >= 11 is 0. The van der Waals surface area contributed by atoms with Crippen molar-refractivity contribution in [1.29, 1.82) is 0 Å². The van der Waals surface area contributed by atoms with Gasteiger partial charge >= 0.3 is 5.97 Å². The Morgan fingerprint density at radius 2 is 1.06 bits per heavy atom. The summed E-state index contributed by atoms with van der Waals surface area (Å²) < 4.78 is 0. The fourth-order valence-corrected chi connectivity index (χ4v) is 5.90. The lowest BCUT2D eigenvalue weighted by Crippen LogP contribution is -2.54. The van der Waals surface area contributed by atoms with E-state index in [1.54, 1.807) is 12.4 Å². The normalized spacial score (nSPS) is 13.3. The lowest BCUT2D eigenvalue weighted by Gasteiger charge is -2.21. The zero-order chi connectivity index (χ0) is 32.9. The van der Waals surface area contributed by atoms with Crippen LogP contribution in [0.25, 0.3) is 32.7 Å². The number of aromatic amines is 3. The van der Waals surface area contributed by atoms with E-state index in [0.717, 1.165) is 49.4 Å². The van der Waals surface area contributed by atoms with Gasteiger partial charge in [-0.15, -0.1) is 0 Å². The third kappa shape index (κ3) is 7.02. The summed E-state index contributed by atoms with van der Waals surface area (Å²) in [5, 5.41) is 20.4. The quantitative estimate of drug-likeness (QED) is 0.0962. The molecule has 0 saturated heterocycles. The number of carbonyl (C=O) groups is 4. The van der Waals surface area contributed by atoms with Crippen LogP contribution in [0.5, 0.6) is 0 Å². The molecule has 0 aliphatic heterocycles. The molecule has 3 unspecified atom stereocenters. The maximum atomic E-state index is 13.5. The largest absolute Gasteiger partial charge is 0.480 e. The summed E-state index contributed by atoms with van der Waals surface area (Å²) in [5.41, 5.74) is 11.4. The average Bonchev–Trinajstić information content (AvgIpc) is 3.80. The second kappa shape index (κ2) is 13.6.